The number of hydrogen-bond acceptors (Lipinski definition) is 3. The smallest absolute Gasteiger partial charge is 0.209 e. The van der Waals surface area contributed by atoms with Crippen molar-refractivity contribution in [1.29, 1.82) is 0 Å². The van der Waals surface area contributed by atoms with Crippen LogP contribution in [-0.4, -0.2) is 12.3 Å². The molecule has 0 bridgehead atoms. The lowest BCUT2D eigenvalue weighted by Crippen LogP contribution is -1.82. The van der Waals surface area contributed by atoms with E-state index in [1.165, 1.54) is 0 Å². The van der Waals surface area contributed by atoms with Crippen molar-refractivity contribution in [3.05, 3.63) is 35.1 Å². The second-order valence-corrected chi connectivity index (χ2v) is 3.47. The SMILES string of the molecule is COc1cccc(-c2cnoc2Br)c1. The summed E-state index contributed by atoms with van der Waals surface area (Å²) in [7, 11) is 1.64. The maximum atomic E-state index is 5.13. The molecule has 1 aromatic carbocycles. The number of aromatic nitrogens is 1. The van der Waals surface area contributed by atoms with Crippen molar-refractivity contribution in [2.75, 3.05) is 7.11 Å². The fourth-order valence-electron chi connectivity index (χ4n) is 1.20. The highest BCUT2D eigenvalue weighted by molar-refractivity contribution is 9.10. The zero-order valence-electron chi connectivity index (χ0n) is 7.53. The van der Waals surface area contributed by atoms with E-state index in [0.717, 1.165) is 16.9 Å². The van der Waals surface area contributed by atoms with Crippen LogP contribution in [0.4, 0.5) is 0 Å². The van der Waals surface area contributed by atoms with Crippen molar-refractivity contribution in [1.82, 2.24) is 5.16 Å². The highest BCUT2D eigenvalue weighted by Crippen LogP contribution is 2.29. The lowest BCUT2D eigenvalue weighted by atomic mass is 10.1. The van der Waals surface area contributed by atoms with Gasteiger partial charge in [-0.1, -0.05) is 17.3 Å². The van der Waals surface area contributed by atoms with Crippen LogP contribution in [0.3, 0.4) is 0 Å². The third-order valence-electron chi connectivity index (χ3n) is 1.91. The van der Waals surface area contributed by atoms with Crippen molar-refractivity contribution in [2.24, 2.45) is 0 Å². The molecule has 0 unspecified atom stereocenters. The first kappa shape index (κ1) is 9.27. The van der Waals surface area contributed by atoms with Gasteiger partial charge < -0.3 is 9.26 Å². The van der Waals surface area contributed by atoms with Crippen LogP contribution in [0.25, 0.3) is 11.1 Å². The van der Waals surface area contributed by atoms with Crippen molar-refractivity contribution >= 4 is 15.9 Å². The fourth-order valence-corrected chi connectivity index (χ4v) is 1.62. The standard InChI is InChI=1S/C10H8BrNO2/c1-13-8-4-2-3-7(5-8)9-6-12-14-10(9)11/h2-6H,1H3. The highest BCUT2D eigenvalue weighted by atomic mass is 79.9. The topological polar surface area (TPSA) is 35.3 Å². The predicted octanol–water partition coefficient (Wildman–Crippen LogP) is 3.11. The van der Waals surface area contributed by atoms with E-state index in [1.54, 1.807) is 13.3 Å². The predicted molar refractivity (Wildman–Crippen MR) is 56.2 cm³/mol. The Morgan fingerprint density at radius 2 is 2.29 bits per heavy atom. The quantitative estimate of drug-likeness (QED) is 0.825. The number of rotatable bonds is 2. The summed E-state index contributed by atoms with van der Waals surface area (Å²) in [5.41, 5.74) is 1.93. The monoisotopic (exact) mass is 253 g/mol. The molecule has 2 rings (SSSR count). The first-order valence-corrected chi connectivity index (χ1v) is 4.85. The molecule has 1 heterocycles. The maximum absolute atomic E-state index is 5.13. The van der Waals surface area contributed by atoms with Crippen molar-refractivity contribution < 1.29 is 9.26 Å². The van der Waals surface area contributed by atoms with Crippen LogP contribution in [0.2, 0.25) is 0 Å². The van der Waals surface area contributed by atoms with E-state index < -0.39 is 0 Å². The van der Waals surface area contributed by atoms with E-state index in [0.29, 0.717) is 4.67 Å². The van der Waals surface area contributed by atoms with E-state index in [9.17, 15) is 0 Å². The molecule has 72 valence electrons. The molecule has 0 atom stereocenters. The summed E-state index contributed by atoms with van der Waals surface area (Å²) in [6.07, 6.45) is 1.67. The van der Waals surface area contributed by atoms with Crippen LogP contribution in [0.1, 0.15) is 0 Å². The number of methoxy groups -OCH3 is 1. The molecule has 0 saturated heterocycles. The third kappa shape index (κ3) is 1.65. The van der Waals surface area contributed by atoms with Gasteiger partial charge in [-0.15, -0.1) is 0 Å². The molecule has 0 aliphatic heterocycles. The molecular weight excluding hydrogens is 246 g/mol. The van der Waals surface area contributed by atoms with E-state index in [2.05, 4.69) is 21.1 Å². The van der Waals surface area contributed by atoms with Crippen LogP contribution in [0, 0.1) is 0 Å². The maximum Gasteiger partial charge on any atom is 0.209 e. The lowest BCUT2D eigenvalue weighted by molar-refractivity contribution is 0.400. The Morgan fingerprint density at radius 1 is 1.43 bits per heavy atom. The Bertz CT molecular complexity index is 439. The van der Waals surface area contributed by atoms with Crippen LogP contribution < -0.4 is 4.74 Å². The second kappa shape index (κ2) is 3.84. The van der Waals surface area contributed by atoms with Gasteiger partial charge in [-0.3, -0.25) is 0 Å². The van der Waals surface area contributed by atoms with Crippen molar-refractivity contribution in [3.63, 3.8) is 0 Å². The molecule has 14 heavy (non-hydrogen) atoms. The van der Waals surface area contributed by atoms with Gasteiger partial charge in [0.25, 0.3) is 0 Å². The highest BCUT2D eigenvalue weighted by Gasteiger charge is 2.07. The Labute approximate surface area is 89.8 Å². The lowest BCUT2D eigenvalue weighted by Gasteiger charge is -2.01. The van der Waals surface area contributed by atoms with Crippen LogP contribution in [0.5, 0.6) is 5.75 Å². The fraction of sp³-hybridized carbons (Fsp3) is 0.100. The molecule has 2 aromatic rings. The average molecular weight is 254 g/mol. The number of nitrogens with zero attached hydrogens (tertiary/aromatic N) is 1. The van der Waals surface area contributed by atoms with Gasteiger partial charge >= 0.3 is 0 Å². The Kier molecular flexibility index (Phi) is 2.54. The van der Waals surface area contributed by atoms with Crippen molar-refractivity contribution in [3.8, 4) is 16.9 Å². The number of ether oxygens (including phenoxy) is 1. The van der Waals surface area contributed by atoms with E-state index in [4.69, 9.17) is 9.26 Å². The molecule has 0 radical (unpaired) electrons. The normalized spacial score (nSPS) is 10.1. The Hall–Kier alpha value is -1.29. The number of hydrogen-bond donors (Lipinski definition) is 0. The molecule has 0 aliphatic rings. The summed E-state index contributed by atoms with van der Waals surface area (Å²) in [5, 5.41) is 3.69. The first-order chi connectivity index (χ1) is 6.81. The minimum atomic E-state index is 0.630. The summed E-state index contributed by atoms with van der Waals surface area (Å²) in [4.78, 5) is 0. The van der Waals surface area contributed by atoms with Gasteiger partial charge in [0, 0.05) is 0 Å². The van der Waals surface area contributed by atoms with Gasteiger partial charge in [-0.25, -0.2) is 0 Å². The summed E-state index contributed by atoms with van der Waals surface area (Å²) in [6, 6.07) is 7.72. The third-order valence-corrected chi connectivity index (χ3v) is 2.48. The molecule has 0 amide bonds. The summed E-state index contributed by atoms with van der Waals surface area (Å²) < 4.78 is 10.7. The molecule has 3 nitrogen and oxygen atoms in total. The van der Waals surface area contributed by atoms with Gasteiger partial charge in [-0.05, 0) is 33.6 Å². The summed E-state index contributed by atoms with van der Waals surface area (Å²) in [6.45, 7) is 0. The summed E-state index contributed by atoms with van der Waals surface area (Å²) >= 11 is 3.28. The van der Waals surface area contributed by atoms with Crippen molar-refractivity contribution in [2.45, 2.75) is 0 Å². The van der Waals surface area contributed by atoms with Crippen LogP contribution >= 0.6 is 15.9 Å². The van der Waals surface area contributed by atoms with Gasteiger partial charge in [0.2, 0.25) is 4.67 Å². The molecule has 0 spiro atoms. The zero-order chi connectivity index (χ0) is 9.97. The van der Waals surface area contributed by atoms with E-state index >= 15 is 0 Å². The van der Waals surface area contributed by atoms with Crippen LogP contribution in [-0.2, 0) is 0 Å². The molecule has 4 heteroatoms. The molecule has 0 aliphatic carbocycles. The number of halogens is 1. The molecule has 1 aromatic heterocycles. The van der Waals surface area contributed by atoms with Gasteiger partial charge in [0.05, 0.1) is 18.9 Å². The Morgan fingerprint density at radius 3 is 2.93 bits per heavy atom. The van der Waals surface area contributed by atoms with E-state index in [-0.39, 0.29) is 0 Å². The van der Waals surface area contributed by atoms with Gasteiger partial charge in [0.15, 0.2) is 0 Å². The second-order valence-electron chi connectivity index (χ2n) is 2.75. The van der Waals surface area contributed by atoms with Crippen LogP contribution in [0.15, 0.2) is 39.7 Å². The minimum absolute atomic E-state index is 0.630. The molecule has 0 saturated carbocycles. The summed E-state index contributed by atoms with van der Waals surface area (Å²) in [5.74, 6) is 0.815. The van der Waals surface area contributed by atoms with E-state index in [1.807, 2.05) is 24.3 Å². The zero-order valence-corrected chi connectivity index (χ0v) is 9.11. The number of benzene rings is 1. The molecule has 0 N–H and O–H groups in total. The first-order valence-electron chi connectivity index (χ1n) is 4.06. The molecule has 0 fully saturated rings. The molecular formula is C10H8BrNO2. The Balaban J connectivity index is 2.47. The average Bonchev–Trinajstić information content (AvgIpc) is 2.65. The van der Waals surface area contributed by atoms with Gasteiger partial charge in [0.1, 0.15) is 5.75 Å². The van der Waals surface area contributed by atoms with Gasteiger partial charge in [-0.2, -0.15) is 0 Å². The minimum Gasteiger partial charge on any atom is -0.497 e. The largest absolute Gasteiger partial charge is 0.497 e.